The second kappa shape index (κ2) is 9.29. The van der Waals surface area contributed by atoms with Crippen LogP contribution < -0.4 is 10.4 Å². The van der Waals surface area contributed by atoms with Gasteiger partial charge in [0.05, 0.1) is 16.4 Å². The van der Waals surface area contributed by atoms with E-state index in [0.29, 0.717) is 17.3 Å². The average molecular weight is 497 g/mol. The smallest absolute Gasteiger partial charge is 0.368 e. The number of hydrogen-bond acceptors (Lipinski definition) is 5. The first-order valence-electron chi connectivity index (χ1n) is 9.84. The Morgan fingerprint density at radius 3 is 2.41 bits per heavy atom. The molecular weight excluding hydrogens is 480 g/mol. The average Bonchev–Trinajstić information content (AvgIpc) is 3.38. The molecule has 34 heavy (non-hydrogen) atoms. The number of tetrazole rings is 1. The summed E-state index contributed by atoms with van der Waals surface area (Å²) in [6.07, 6.45) is -6.01. The van der Waals surface area contributed by atoms with Gasteiger partial charge in [-0.3, -0.25) is 0 Å². The van der Waals surface area contributed by atoms with Crippen molar-refractivity contribution < 1.29 is 22.3 Å². The molecule has 178 valence electrons. The largest absolute Gasteiger partial charge is 0.487 e. The Hall–Kier alpha value is -3.67. The van der Waals surface area contributed by atoms with Gasteiger partial charge >= 0.3 is 5.69 Å². The number of aromatic nitrogens is 6. The Balaban J connectivity index is 1.63. The Morgan fingerprint density at radius 1 is 1.03 bits per heavy atom. The molecule has 13 heteroatoms. The van der Waals surface area contributed by atoms with Crippen molar-refractivity contribution in [1.29, 1.82) is 0 Å². The van der Waals surface area contributed by atoms with Crippen LogP contribution in [-0.2, 0) is 13.7 Å². The fourth-order valence-electron chi connectivity index (χ4n) is 3.31. The van der Waals surface area contributed by atoms with Crippen LogP contribution in [0.4, 0.5) is 17.6 Å². The van der Waals surface area contributed by atoms with Gasteiger partial charge in [-0.25, -0.2) is 27.0 Å². The predicted molar refractivity (Wildman–Crippen MR) is 114 cm³/mol. The minimum absolute atomic E-state index is 0.00364. The van der Waals surface area contributed by atoms with Crippen molar-refractivity contribution >= 4 is 11.6 Å². The van der Waals surface area contributed by atoms with Gasteiger partial charge in [0, 0.05) is 12.6 Å². The van der Waals surface area contributed by atoms with Crippen molar-refractivity contribution in [2.75, 3.05) is 0 Å². The van der Waals surface area contributed by atoms with E-state index in [9.17, 15) is 22.4 Å². The van der Waals surface area contributed by atoms with Gasteiger partial charge in [0.1, 0.15) is 23.7 Å². The molecule has 0 fully saturated rings. The molecule has 4 rings (SSSR count). The third-order valence-corrected chi connectivity index (χ3v) is 5.37. The first-order valence-corrected chi connectivity index (χ1v) is 10.2. The van der Waals surface area contributed by atoms with Crippen molar-refractivity contribution in [3.63, 3.8) is 0 Å². The molecular formula is C21H17ClF4N6O2. The fourth-order valence-corrected chi connectivity index (χ4v) is 3.54. The van der Waals surface area contributed by atoms with E-state index in [1.54, 1.807) is 12.1 Å². The molecule has 0 aliphatic carbocycles. The Morgan fingerprint density at radius 2 is 1.79 bits per heavy atom. The predicted octanol–water partition coefficient (Wildman–Crippen LogP) is 4.57. The molecule has 0 atom stereocenters. The summed E-state index contributed by atoms with van der Waals surface area (Å²) in [6.45, 7) is 1.84. The maximum atomic E-state index is 13.3. The van der Waals surface area contributed by atoms with E-state index in [0.717, 1.165) is 19.6 Å². The molecule has 2 aromatic heterocycles. The summed E-state index contributed by atoms with van der Waals surface area (Å²) in [5.41, 5.74) is 0.133. The molecule has 2 heterocycles. The molecule has 2 aromatic carbocycles. The topological polar surface area (TPSA) is 79.8 Å². The van der Waals surface area contributed by atoms with E-state index < -0.39 is 29.9 Å². The van der Waals surface area contributed by atoms with Gasteiger partial charge in [0.15, 0.2) is 0 Å². The lowest BCUT2D eigenvalue weighted by atomic mass is 10.1. The minimum Gasteiger partial charge on any atom is -0.487 e. The summed E-state index contributed by atoms with van der Waals surface area (Å²) in [6, 6.07) is 10.0. The zero-order chi connectivity index (χ0) is 24.6. The molecule has 8 nitrogen and oxygen atoms in total. The molecule has 0 N–H and O–H groups in total. The summed E-state index contributed by atoms with van der Waals surface area (Å²) in [4.78, 5) is 12.3. The summed E-state index contributed by atoms with van der Waals surface area (Å²) in [5, 5.41) is 11.2. The molecule has 0 amide bonds. The van der Waals surface area contributed by atoms with E-state index in [-0.39, 0.29) is 23.1 Å². The van der Waals surface area contributed by atoms with Crippen LogP contribution in [0.3, 0.4) is 0 Å². The molecule has 0 bridgehead atoms. The van der Waals surface area contributed by atoms with Crippen molar-refractivity contribution in [2.45, 2.75) is 26.4 Å². The number of nitrogens with zero attached hydrogens (tertiary/aromatic N) is 6. The Bertz CT molecular complexity index is 1400. The zero-order valence-corrected chi connectivity index (χ0v) is 18.5. The number of alkyl halides is 4. The summed E-state index contributed by atoms with van der Waals surface area (Å²) < 4.78 is 61.3. The molecule has 0 aliphatic rings. The first kappa shape index (κ1) is 23.5. The molecule has 0 saturated heterocycles. The van der Waals surface area contributed by atoms with Crippen molar-refractivity contribution in [1.82, 2.24) is 29.6 Å². The third-order valence-electron chi connectivity index (χ3n) is 5.07. The quantitative estimate of drug-likeness (QED) is 0.350. The highest BCUT2D eigenvalue weighted by molar-refractivity contribution is 6.32. The van der Waals surface area contributed by atoms with Crippen LogP contribution in [0.15, 0.2) is 47.3 Å². The highest BCUT2D eigenvalue weighted by Gasteiger charge is 2.22. The second-order valence-corrected chi connectivity index (χ2v) is 7.69. The number of benzene rings is 2. The van der Waals surface area contributed by atoms with Gasteiger partial charge in [-0.1, -0.05) is 23.7 Å². The maximum Gasteiger partial charge on any atom is 0.368 e. The van der Waals surface area contributed by atoms with Crippen LogP contribution in [0, 0.1) is 6.92 Å². The lowest BCUT2D eigenvalue weighted by Crippen LogP contribution is -2.23. The fraction of sp³-hybridized carbons (Fsp3) is 0.238. The molecule has 0 saturated carbocycles. The minimum atomic E-state index is -3.02. The number of rotatable bonds is 7. The lowest BCUT2D eigenvalue weighted by molar-refractivity contribution is 0.142. The second-order valence-electron chi connectivity index (χ2n) is 7.28. The third kappa shape index (κ3) is 4.40. The molecule has 0 aliphatic heterocycles. The number of ether oxygens (including phenoxy) is 1. The van der Waals surface area contributed by atoms with Crippen LogP contribution in [0.2, 0.25) is 5.02 Å². The van der Waals surface area contributed by atoms with Crippen LogP contribution in [-0.4, -0.2) is 29.6 Å². The normalized spacial score (nSPS) is 11.6. The highest BCUT2D eigenvalue weighted by Crippen LogP contribution is 2.32. The van der Waals surface area contributed by atoms with Gasteiger partial charge in [-0.15, -0.1) is 0 Å². The Kier molecular flexibility index (Phi) is 6.42. The highest BCUT2D eigenvalue weighted by atomic mass is 35.5. The SMILES string of the molecule is Cc1cccc(-n2nnn(C)c2=O)c1COc1ccc(-n2nc(C(F)F)cc2C(F)F)cc1Cl. The molecule has 0 radical (unpaired) electrons. The van der Waals surface area contributed by atoms with Crippen molar-refractivity contribution in [3.05, 3.63) is 80.5 Å². The summed E-state index contributed by atoms with van der Waals surface area (Å²) >= 11 is 6.29. The zero-order valence-electron chi connectivity index (χ0n) is 17.8. The number of hydrogen-bond donors (Lipinski definition) is 0. The standard InChI is InChI=1S/C21H17ClF4N6O2/c1-11-4-3-5-16(32-21(33)30(2)28-29-32)13(11)10-34-18-7-6-12(8-14(18)22)31-17(20(25)26)9-15(27-31)19(23)24/h3-9,19-20H,10H2,1-2H3. The van der Waals surface area contributed by atoms with Gasteiger partial charge in [0.2, 0.25) is 0 Å². The van der Waals surface area contributed by atoms with Gasteiger partial charge < -0.3 is 4.74 Å². The molecule has 0 spiro atoms. The van der Waals surface area contributed by atoms with Gasteiger partial charge in [-0.2, -0.15) is 14.5 Å². The van der Waals surface area contributed by atoms with Gasteiger partial charge in [-0.05, 0) is 53.2 Å². The van der Waals surface area contributed by atoms with Crippen LogP contribution in [0.25, 0.3) is 11.4 Å². The number of aryl methyl sites for hydroxylation is 2. The Labute approximate surface area is 194 Å². The van der Waals surface area contributed by atoms with Crippen molar-refractivity contribution in [3.8, 4) is 17.1 Å². The van der Waals surface area contributed by atoms with E-state index >= 15 is 0 Å². The molecule has 0 unspecified atom stereocenters. The van der Waals surface area contributed by atoms with Crippen LogP contribution in [0.5, 0.6) is 5.75 Å². The first-order chi connectivity index (χ1) is 16.2. The number of halogens is 5. The van der Waals surface area contributed by atoms with Crippen LogP contribution in [0.1, 0.15) is 35.4 Å². The van der Waals surface area contributed by atoms with E-state index in [4.69, 9.17) is 16.3 Å². The summed E-state index contributed by atoms with van der Waals surface area (Å²) in [7, 11) is 1.47. The van der Waals surface area contributed by atoms with Crippen LogP contribution >= 0.6 is 11.6 Å². The maximum absolute atomic E-state index is 13.3. The monoisotopic (exact) mass is 496 g/mol. The lowest BCUT2D eigenvalue weighted by Gasteiger charge is -2.14. The molecule has 4 aromatic rings. The van der Waals surface area contributed by atoms with Crippen molar-refractivity contribution in [2.24, 2.45) is 7.05 Å². The van der Waals surface area contributed by atoms with E-state index in [2.05, 4.69) is 15.5 Å². The van der Waals surface area contributed by atoms with Gasteiger partial charge in [0.25, 0.3) is 12.9 Å². The van der Waals surface area contributed by atoms with E-state index in [1.807, 2.05) is 13.0 Å². The van der Waals surface area contributed by atoms with E-state index in [1.165, 1.54) is 25.2 Å². The summed E-state index contributed by atoms with van der Waals surface area (Å²) in [5.74, 6) is 0.214.